The molecule has 2 aromatic carbocycles. The minimum Gasteiger partial charge on any atom is -0.481 e. The number of nitrogens with zero attached hydrogens (tertiary/aromatic N) is 1. The molecule has 6 nitrogen and oxygen atoms in total. The van der Waals surface area contributed by atoms with Crippen LogP contribution in [0.15, 0.2) is 48.5 Å². The third-order valence-corrected chi connectivity index (χ3v) is 6.22. The zero-order valence-electron chi connectivity index (χ0n) is 17.1. The summed E-state index contributed by atoms with van der Waals surface area (Å²) in [6, 6.07) is 15.8. The standard InChI is InChI=1S/C24H28N2O4/c27-22(28)8-4-5-18-9-10-20(19-6-2-1-3-7-19)21(17-18)25-23(29)30-24-11-14-26(15-12-24)16-13-24/h1-3,6-7,9-10,17H,4-5,8,11-16H2,(H,25,29)(H,27,28). The van der Waals surface area contributed by atoms with E-state index in [1.165, 1.54) is 0 Å². The summed E-state index contributed by atoms with van der Waals surface area (Å²) < 4.78 is 5.96. The molecule has 3 aliphatic heterocycles. The van der Waals surface area contributed by atoms with Gasteiger partial charge in [-0.15, -0.1) is 0 Å². The van der Waals surface area contributed by atoms with Gasteiger partial charge in [0.25, 0.3) is 0 Å². The van der Waals surface area contributed by atoms with Crippen LogP contribution in [-0.2, 0) is 16.0 Å². The maximum Gasteiger partial charge on any atom is 0.412 e. The van der Waals surface area contributed by atoms with Gasteiger partial charge in [-0.2, -0.15) is 0 Å². The van der Waals surface area contributed by atoms with E-state index < -0.39 is 12.1 Å². The Hall–Kier alpha value is -2.86. The zero-order valence-corrected chi connectivity index (χ0v) is 17.1. The first-order valence-corrected chi connectivity index (χ1v) is 10.7. The van der Waals surface area contributed by atoms with Crippen molar-refractivity contribution in [3.8, 4) is 11.1 Å². The maximum atomic E-state index is 12.8. The van der Waals surface area contributed by atoms with E-state index in [2.05, 4.69) is 10.2 Å². The summed E-state index contributed by atoms with van der Waals surface area (Å²) >= 11 is 0. The number of benzene rings is 2. The Labute approximate surface area is 176 Å². The average Bonchev–Trinajstić information content (AvgIpc) is 2.75. The molecule has 0 radical (unpaired) electrons. The molecule has 3 heterocycles. The lowest BCUT2D eigenvalue weighted by molar-refractivity contribution is -0.137. The van der Waals surface area contributed by atoms with Gasteiger partial charge < -0.3 is 14.7 Å². The Morgan fingerprint density at radius 3 is 2.40 bits per heavy atom. The molecule has 0 spiro atoms. The third-order valence-electron chi connectivity index (χ3n) is 6.22. The third kappa shape index (κ3) is 4.82. The van der Waals surface area contributed by atoms with Crippen molar-refractivity contribution in [2.45, 2.75) is 44.1 Å². The minimum atomic E-state index is -0.796. The second-order valence-electron chi connectivity index (χ2n) is 8.28. The van der Waals surface area contributed by atoms with Gasteiger partial charge in [0.05, 0.1) is 5.69 Å². The van der Waals surface area contributed by atoms with Crippen molar-refractivity contribution >= 4 is 17.7 Å². The SMILES string of the molecule is O=C(O)CCCc1ccc(-c2ccccc2)c(NC(=O)OC23CCN(CC2)CC3)c1. The second-order valence-corrected chi connectivity index (χ2v) is 8.28. The molecule has 6 heteroatoms. The van der Waals surface area contributed by atoms with E-state index in [9.17, 15) is 9.59 Å². The van der Waals surface area contributed by atoms with Gasteiger partial charge in [0.2, 0.25) is 0 Å². The van der Waals surface area contributed by atoms with Crippen LogP contribution in [0, 0.1) is 0 Å². The normalized spacial score (nSPS) is 22.5. The highest BCUT2D eigenvalue weighted by molar-refractivity contribution is 5.92. The van der Waals surface area contributed by atoms with Crippen molar-refractivity contribution in [1.29, 1.82) is 0 Å². The van der Waals surface area contributed by atoms with Gasteiger partial charge in [0.1, 0.15) is 5.60 Å². The number of nitrogens with one attached hydrogen (secondary N) is 1. The highest BCUT2D eigenvalue weighted by atomic mass is 16.6. The summed E-state index contributed by atoms with van der Waals surface area (Å²) in [7, 11) is 0. The number of ether oxygens (including phenoxy) is 1. The van der Waals surface area contributed by atoms with Crippen molar-refractivity contribution in [3.05, 3.63) is 54.1 Å². The van der Waals surface area contributed by atoms with Gasteiger partial charge in [-0.25, -0.2) is 4.79 Å². The summed E-state index contributed by atoms with van der Waals surface area (Å²) in [6.45, 7) is 2.96. The van der Waals surface area contributed by atoms with Crippen molar-refractivity contribution in [3.63, 3.8) is 0 Å². The highest BCUT2D eigenvalue weighted by Crippen LogP contribution is 2.36. The predicted octanol–water partition coefficient (Wildman–Crippen LogP) is 4.55. The molecule has 2 N–H and O–H groups in total. The Kier molecular flexibility index (Phi) is 6.04. The second kappa shape index (κ2) is 8.88. The number of carboxylic acids is 1. The Morgan fingerprint density at radius 1 is 1.03 bits per heavy atom. The fraction of sp³-hybridized carbons (Fsp3) is 0.417. The predicted molar refractivity (Wildman–Crippen MR) is 116 cm³/mol. The number of carbonyl (C=O) groups is 2. The molecule has 0 saturated carbocycles. The topological polar surface area (TPSA) is 78.9 Å². The van der Waals surface area contributed by atoms with E-state index in [0.717, 1.165) is 55.6 Å². The fourth-order valence-corrected chi connectivity index (χ4v) is 4.44. The molecule has 0 aliphatic carbocycles. The first-order valence-electron chi connectivity index (χ1n) is 10.7. The molecule has 2 aromatic rings. The maximum absolute atomic E-state index is 12.8. The summed E-state index contributed by atoms with van der Waals surface area (Å²) in [5.41, 5.74) is 3.28. The smallest absolute Gasteiger partial charge is 0.412 e. The molecule has 0 aromatic heterocycles. The molecule has 0 unspecified atom stereocenters. The van der Waals surface area contributed by atoms with Crippen LogP contribution in [0.1, 0.15) is 37.7 Å². The lowest BCUT2D eigenvalue weighted by Crippen LogP contribution is -2.54. The van der Waals surface area contributed by atoms with E-state index in [1.807, 2.05) is 48.5 Å². The number of hydrogen-bond donors (Lipinski definition) is 2. The van der Waals surface area contributed by atoms with E-state index in [1.54, 1.807) is 0 Å². The summed E-state index contributed by atoms with van der Waals surface area (Å²) in [5, 5.41) is 11.9. The largest absolute Gasteiger partial charge is 0.481 e. The number of carbonyl (C=O) groups excluding carboxylic acids is 1. The van der Waals surface area contributed by atoms with Gasteiger partial charge in [0.15, 0.2) is 0 Å². The Morgan fingerprint density at radius 2 is 1.73 bits per heavy atom. The molecule has 158 valence electrons. The molecular formula is C24H28N2O4. The lowest BCUT2D eigenvalue weighted by atomic mass is 9.83. The summed E-state index contributed by atoms with van der Waals surface area (Å²) in [6.07, 6.45) is 3.59. The number of aryl methyl sites for hydroxylation is 1. The molecule has 3 aliphatic rings. The molecule has 30 heavy (non-hydrogen) atoms. The van der Waals surface area contributed by atoms with Crippen LogP contribution in [0.25, 0.3) is 11.1 Å². The van der Waals surface area contributed by atoms with E-state index in [-0.39, 0.29) is 12.0 Å². The number of hydrogen-bond acceptors (Lipinski definition) is 4. The molecule has 0 atom stereocenters. The number of aliphatic carboxylic acids is 1. The number of piperidine rings is 3. The average molecular weight is 408 g/mol. The van der Waals surface area contributed by atoms with Crippen LogP contribution in [0.2, 0.25) is 0 Å². The summed E-state index contributed by atoms with van der Waals surface area (Å²) in [5.74, 6) is -0.796. The minimum absolute atomic E-state index is 0.130. The van der Waals surface area contributed by atoms with E-state index in [0.29, 0.717) is 18.5 Å². The molecular weight excluding hydrogens is 380 g/mol. The van der Waals surface area contributed by atoms with Crippen molar-refractivity contribution < 1.29 is 19.4 Å². The van der Waals surface area contributed by atoms with Gasteiger partial charge in [-0.3, -0.25) is 10.1 Å². The van der Waals surface area contributed by atoms with Gasteiger partial charge in [-0.1, -0.05) is 42.5 Å². The Bertz CT molecular complexity index is 891. The molecule has 1 amide bonds. The fourth-order valence-electron chi connectivity index (χ4n) is 4.44. The zero-order chi connectivity index (χ0) is 21.0. The summed E-state index contributed by atoms with van der Waals surface area (Å²) in [4.78, 5) is 26.1. The van der Waals surface area contributed by atoms with Gasteiger partial charge in [0, 0.05) is 50.9 Å². The van der Waals surface area contributed by atoms with Crippen LogP contribution in [-0.4, -0.2) is 47.3 Å². The van der Waals surface area contributed by atoms with Gasteiger partial charge in [-0.05, 0) is 30.0 Å². The Balaban J connectivity index is 1.52. The molecule has 3 saturated heterocycles. The number of anilines is 1. The van der Waals surface area contributed by atoms with Crippen molar-refractivity contribution in [1.82, 2.24) is 4.90 Å². The number of fused-ring (bicyclic) bond motifs is 3. The first-order chi connectivity index (χ1) is 14.5. The lowest BCUT2D eigenvalue weighted by Gasteiger charge is -2.47. The van der Waals surface area contributed by atoms with Gasteiger partial charge >= 0.3 is 12.1 Å². The van der Waals surface area contributed by atoms with Crippen LogP contribution >= 0.6 is 0 Å². The number of amides is 1. The van der Waals surface area contributed by atoms with Crippen LogP contribution in [0.5, 0.6) is 0 Å². The number of rotatable bonds is 7. The van der Waals surface area contributed by atoms with Crippen LogP contribution in [0.3, 0.4) is 0 Å². The van der Waals surface area contributed by atoms with Crippen molar-refractivity contribution in [2.24, 2.45) is 0 Å². The van der Waals surface area contributed by atoms with E-state index >= 15 is 0 Å². The van der Waals surface area contributed by atoms with Crippen LogP contribution < -0.4 is 5.32 Å². The first kappa shape index (κ1) is 20.4. The quantitative estimate of drug-likeness (QED) is 0.703. The van der Waals surface area contributed by atoms with Crippen molar-refractivity contribution in [2.75, 3.05) is 25.0 Å². The monoisotopic (exact) mass is 408 g/mol. The molecule has 5 rings (SSSR count). The van der Waals surface area contributed by atoms with Crippen LogP contribution in [0.4, 0.5) is 10.5 Å². The molecule has 2 bridgehead atoms. The highest BCUT2D eigenvalue weighted by Gasteiger charge is 2.42. The molecule has 3 fully saturated rings. The van der Waals surface area contributed by atoms with E-state index in [4.69, 9.17) is 9.84 Å². The number of carboxylic acid groups (broad SMARTS) is 1.